The van der Waals surface area contributed by atoms with E-state index in [-0.39, 0.29) is 69.2 Å². The van der Waals surface area contributed by atoms with Crippen molar-refractivity contribution >= 4 is 46.9 Å². The molecule has 0 aliphatic heterocycles. The van der Waals surface area contributed by atoms with Gasteiger partial charge in [-0.05, 0) is 93.1 Å². The third kappa shape index (κ3) is 15.8. The van der Waals surface area contributed by atoms with Crippen LogP contribution < -0.4 is 4.90 Å². The van der Waals surface area contributed by atoms with Crippen LogP contribution in [0.2, 0.25) is 0 Å². The molecule has 0 aliphatic carbocycles. The lowest BCUT2D eigenvalue weighted by molar-refractivity contribution is -0.146. The molecule has 13 heteroatoms. The number of hydrogen-bond donors (Lipinski definition) is 1. The summed E-state index contributed by atoms with van der Waals surface area (Å²) in [5, 5.41) is 10.4. The van der Waals surface area contributed by atoms with Gasteiger partial charge in [0.2, 0.25) is 0 Å². The van der Waals surface area contributed by atoms with Crippen LogP contribution in [0.5, 0.6) is 0 Å². The third-order valence-corrected chi connectivity index (χ3v) is 8.46. The fraction of sp³-hybridized carbons (Fsp3) is 0.356. The molecule has 0 saturated heterocycles. The minimum atomic E-state index is -1.10. The SMILES string of the molecule is C=C(COC(=O)CCc1ccc(N(c2ccc(CCC(=O)OCC(=C)C(=O)OCC)cc2)c2ccc(CCC(O)OCC(=C)C(=O)OCC)cc2)cc1)C(=O)OCC. The number of esters is 5. The lowest BCUT2D eigenvalue weighted by Gasteiger charge is -2.26. The summed E-state index contributed by atoms with van der Waals surface area (Å²) < 4.78 is 30.4. The van der Waals surface area contributed by atoms with Crippen molar-refractivity contribution in [3.8, 4) is 0 Å². The third-order valence-electron chi connectivity index (χ3n) is 8.46. The predicted octanol–water partition coefficient (Wildman–Crippen LogP) is 6.73. The van der Waals surface area contributed by atoms with Gasteiger partial charge < -0.3 is 38.4 Å². The van der Waals surface area contributed by atoms with Crippen LogP contribution in [0.1, 0.15) is 56.7 Å². The molecular weight excluding hydrogens is 746 g/mol. The van der Waals surface area contributed by atoms with Gasteiger partial charge in [-0.3, -0.25) is 9.59 Å². The van der Waals surface area contributed by atoms with Gasteiger partial charge in [0.15, 0.2) is 6.29 Å². The van der Waals surface area contributed by atoms with Gasteiger partial charge in [-0.2, -0.15) is 0 Å². The molecule has 1 atom stereocenters. The van der Waals surface area contributed by atoms with E-state index in [1.54, 1.807) is 20.8 Å². The fourth-order valence-corrected chi connectivity index (χ4v) is 5.30. The Morgan fingerprint density at radius 2 is 0.845 bits per heavy atom. The number of rotatable bonds is 25. The highest BCUT2D eigenvalue weighted by Gasteiger charge is 2.17. The highest BCUT2D eigenvalue weighted by atomic mass is 16.6. The molecule has 3 aromatic rings. The molecule has 13 nitrogen and oxygen atoms in total. The van der Waals surface area contributed by atoms with Crippen molar-refractivity contribution < 1.29 is 57.5 Å². The lowest BCUT2D eigenvalue weighted by atomic mass is 10.1. The minimum absolute atomic E-state index is 0.0682. The molecule has 0 heterocycles. The maximum atomic E-state index is 12.4. The molecule has 0 amide bonds. The highest BCUT2D eigenvalue weighted by molar-refractivity contribution is 5.89. The van der Waals surface area contributed by atoms with Gasteiger partial charge in [0, 0.05) is 36.3 Å². The van der Waals surface area contributed by atoms with Crippen LogP contribution in [-0.2, 0) is 71.7 Å². The van der Waals surface area contributed by atoms with Crippen molar-refractivity contribution in [1.29, 1.82) is 0 Å². The second kappa shape index (κ2) is 24.6. The molecule has 0 aromatic heterocycles. The van der Waals surface area contributed by atoms with Crippen molar-refractivity contribution in [2.24, 2.45) is 0 Å². The van der Waals surface area contributed by atoms with Crippen LogP contribution in [0.15, 0.2) is 109 Å². The van der Waals surface area contributed by atoms with Crippen LogP contribution in [0.4, 0.5) is 17.1 Å². The van der Waals surface area contributed by atoms with Crippen molar-refractivity contribution in [1.82, 2.24) is 0 Å². The lowest BCUT2D eigenvalue weighted by Crippen LogP contribution is -2.18. The first-order valence-electron chi connectivity index (χ1n) is 19.1. The fourth-order valence-electron chi connectivity index (χ4n) is 5.30. The van der Waals surface area contributed by atoms with Crippen LogP contribution in [0.25, 0.3) is 0 Å². The molecule has 1 N–H and O–H groups in total. The van der Waals surface area contributed by atoms with Gasteiger partial charge in [-0.25, -0.2) is 14.4 Å². The summed E-state index contributed by atoms with van der Waals surface area (Å²) in [6.45, 7) is 15.9. The Morgan fingerprint density at radius 3 is 1.19 bits per heavy atom. The van der Waals surface area contributed by atoms with Gasteiger partial charge in [0.05, 0.1) is 43.1 Å². The number of hydrogen-bond acceptors (Lipinski definition) is 13. The van der Waals surface area contributed by atoms with Crippen molar-refractivity contribution in [3.63, 3.8) is 0 Å². The van der Waals surface area contributed by atoms with E-state index in [4.69, 9.17) is 28.4 Å². The summed E-state index contributed by atoms with van der Waals surface area (Å²) in [7, 11) is 0. The van der Waals surface area contributed by atoms with Gasteiger partial charge in [-0.15, -0.1) is 0 Å². The number of carbonyl (C=O) groups is 5. The predicted molar refractivity (Wildman–Crippen MR) is 217 cm³/mol. The number of aryl methyl sites for hydroxylation is 3. The monoisotopic (exact) mass is 799 g/mol. The van der Waals surface area contributed by atoms with E-state index in [9.17, 15) is 29.1 Å². The molecule has 310 valence electrons. The number of nitrogens with zero attached hydrogens (tertiary/aromatic N) is 1. The van der Waals surface area contributed by atoms with Crippen LogP contribution in [-0.4, -0.2) is 80.9 Å². The van der Waals surface area contributed by atoms with Gasteiger partial charge >= 0.3 is 29.8 Å². The van der Waals surface area contributed by atoms with E-state index in [2.05, 4.69) is 24.6 Å². The summed E-state index contributed by atoms with van der Waals surface area (Å²) in [6, 6.07) is 23.3. The van der Waals surface area contributed by atoms with E-state index in [1.165, 1.54) is 0 Å². The molecule has 3 aromatic carbocycles. The van der Waals surface area contributed by atoms with E-state index >= 15 is 0 Å². The summed E-state index contributed by atoms with van der Waals surface area (Å²) in [4.78, 5) is 62.0. The molecule has 58 heavy (non-hydrogen) atoms. The quantitative estimate of drug-likeness (QED) is 0.0416. The topological polar surface area (TPSA) is 164 Å². The molecule has 3 rings (SSSR count). The minimum Gasteiger partial charge on any atom is -0.463 e. The zero-order valence-corrected chi connectivity index (χ0v) is 33.5. The molecule has 0 fully saturated rings. The van der Waals surface area contributed by atoms with Gasteiger partial charge in [0.1, 0.15) is 13.2 Å². The Bertz CT molecular complexity index is 1770. The second-order valence-corrected chi connectivity index (χ2v) is 12.9. The summed E-state index contributed by atoms with van der Waals surface area (Å²) in [5.41, 5.74) is 5.55. The summed E-state index contributed by atoms with van der Waals surface area (Å²) in [6.07, 6.45) is 0.751. The second-order valence-electron chi connectivity index (χ2n) is 12.9. The molecule has 0 spiro atoms. The normalized spacial score (nSPS) is 11.1. The zero-order valence-electron chi connectivity index (χ0n) is 33.5. The number of aliphatic hydroxyl groups is 1. The van der Waals surface area contributed by atoms with Crippen LogP contribution >= 0.6 is 0 Å². The van der Waals surface area contributed by atoms with Crippen molar-refractivity contribution in [2.75, 3.05) is 44.5 Å². The molecule has 0 aliphatic rings. The highest BCUT2D eigenvalue weighted by Crippen LogP contribution is 2.35. The Hall–Kier alpha value is -6.05. The van der Waals surface area contributed by atoms with Crippen LogP contribution in [0, 0.1) is 0 Å². The summed E-state index contributed by atoms with van der Waals surface area (Å²) in [5.74, 6) is -2.70. The van der Waals surface area contributed by atoms with Crippen molar-refractivity contribution in [3.05, 3.63) is 126 Å². The maximum Gasteiger partial charge on any atom is 0.336 e. The Kier molecular flexibility index (Phi) is 19.6. The maximum absolute atomic E-state index is 12.4. The molecular formula is C45H53NO12. The number of carbonyl (C=O) groups excluding carboxylic acids is 5. The molecule has 1 unspecified atom stereocenters. The summed E-state index contributed by atoms with van der Waals surface area (Å²) >= 11 is 0. The van der Waals surface area contributed by atoms with Gasteiger partial charge in [0.25, 0.3) is 0 Å². The van der Waals surface area contributed by atoms with E-state index in [1.807, 2.05) is 72.8 Å². The van der Waals surface area contributed by atoms with E-state index in [0.717, 1.165) is 33.8 Å². The number of aliphatic hydroxyl groups excluding tert-OH is 1. The first-order chi connectivity index (χ1) is 27.8. The smallest absolute Gasteiger partial charge is 0.336 e. The molecule has 0 radical (unpaired) electrons. The number of benzene rings is 3. The van der Waals surface area contributed by atoms with Crippen molar-refractivity contribution in [2.45, 2.75) is 65.6 Å². The Morgan fingerprint density at radius 1 is 0.517 bits per heavy atom. The first-order valence-corrected chi connectivity index (χ1v) is 19.1. The average Bonchev–Trinajstić information content (AvgIpc) is 3.23. The number of anilines is 3. The average molecular weight is 800 g/mol. The molecule has 0 saturated carbocycles. The number of ether oxygens (including phenoxy) is 6. The Balaban J connectivity index is 1.71. The Labute approximate surface area is 339 Å². The first kappa shape index (κ1) is 46.3. The van der Waals surface area contributed by atoms with E-state index in [0.29, 0.717) is 25.7 Å². The largest absolute Gasteiger partial charge is 0.463 e. The van der Waals surface area contributed by atoms with Gasteiger partial charge in [-0.1, -0.05) is 56.1 Å². The van der Waals surface area contributed by atoms with E-state index < -0.39 is 36.1 Å². The standard InChI is InChI=1S/C45H53NO12/c1-7-53-43(50)31(4)28-56-40(47)25-16-34-10-19-37(20-11-34)46(38-21-12-35(13-22-38)17-26-41(48)57-29-32(5)44(51)54-8-2)39-23-14-36(15-24-39)18-27-42(49)58-30-33(6)45(52)55-9-3/h10-15,19-24,40,47H,4-9,16-18,25-30H2,1-3H3. The molecule has 0 bridgehead atoms. The van der Waals surface area contributed by atoms with Crippen LogP contribution in [0.3, 0.4) is 0 Å². The zero-order chi connectivity index (χ0) is 42.5.